The molecule has 3 rings (SSSR count). The van der Waals surface area contributed by atoms with Crippen LogP contribution in [0.25, 0.3) is 11.0 Å². The number of hydrogen-bond acceptors (Lipinski definition) is 5. The van der Waals surface area contributed by atoms with Gasteiger partial charge >= 0.3 is 0 Å². The molecule has 0 atom stereocenters. The molecule has 0 aliphatic carbocycles. The molecule has 0 spiro atoms. The molecular formula is C21H32N8S. The van der Waals surface area contributed by atoms with Crippen molar-refractivity contribution in [2.45, 2.75) is 39.8 Å². The average molecular weight is 429 g/mol. The lowest BCUT2D eigenvalue weighted by atomic mass is 10.3. The summed E-state index contributed by atoms with van der Waals surface area (Å²) in [6.45, 7) is 8.32. The number of benzene rings is 1. The number of aromatic nitrogens is 5. The number of aliphatic imine (C=N–C) groups is 1. The zero-order valence-corrected chi connectivity index (χ0v) is 19.0. The van der Waals surface area contributed by atoms with Crippen molar-refractivity contribution < 1.29 is 0 Å². The zero-order chi connectivity index (χ0) is 21.2. The van der Waals surface area contributed by atoms with E-state index in [0.717, 1.165) is 74.4 Å². The third-order valence-corrected chi connectivity index (χ3v) is 5.52. The number of para-hydroxylation sites is 2. The quantitative estimate of drug-likeness (QED) is 0.277. The zero-order valence-electron chi connectivity index (χ0n) is 18.1. The molecule has 30 heavy (non-hydrogen) atoms. The lowest BCUT2D eigenvalue weighted by Gasteiger charge is -2.13. The maximum atomic E-state index is 4.78. The Hall–Kier alpha value is -2.55. The van der Waals surface area contributed by atoms with Crippen LogP contribution >= 0.6 is 11.8 Å². The van der Waals surface area contributed by atoms with E-state index in [1.54, 1.807) is 6.33 Å². The predicted octanol–water partition coefficient (Wildman–Crippen LogP) is 2.49. The Kier molecular flexibility index (Phi) is 8.55. The van der Waals surface area contributed by atoms with Gasteiger partial charge in [-0.25, -0.2) is 4.98 Å². The predicted molar refractivity (Wildman–Crippen MR) is 125 cm³/mol. The van der Waals surface area contributed by atoms with E-state index in [4.69, 9.17) is 4.99 Å². The van der Waals surface area contributed by atoms with Gasteiger partial charge in [-0.05, 0) is 31.7 Å². The highest BCUT2D eigenvalue weighted by Crippen LogP contribution is 2.15. The molecule has 0 saturated carbocycles. The van der Waals surface area contributed by atoms with Crippen LogP contribution in [0.5, 0.6) is 0 Å². The van der Waals surface area contributed by atoms with Gasteiger partial charge in [-0.3, -0.25) is 4.99 Å². The molecule has 2 aromatic heterocycles. The van der Waals surface area contributed by atoms with Crippen molar-refractivity contribution in [3.8, 4) is 0 Å². The van der Waals surface area contributed by atoms with Crippen LogP contribution in [-0.4, -0.2) is 61.9 Å². The lowest BCUT2D eigenvalue weighted by Crippen LogP contribution is -2.40. The van der Waals surface area contributed by atoms with Crippen molar-refractivity contribution in [3.05, 3.63) is 42.2 Å². The Bertz CT molecular complexity index is 946. The van der Waals surface area contributed by atoms with Gasteiger partial charge in [0, 0.05) is 44.9 Å². The summed E-state index contributed by atoms with van der Waals surface area (Å²) in [5, 5.41) is 15.0. The van der Waals surface area contributed by atoms with Gasteiger partial charge in [0.25, 0.3) is 0 Å². The molecule has 0 unspecified atom stereocenters. The molecule has 0 saturated heterocycles. The minimum atomic E-state index is 0.757. The van der Waals surface area contributed by atoms with E-state index in [2.05, 4.69) is 73.3 Å². The van der Waals surface area contributed by atoms with Crippen molar-refractivity contribution in [2.24, 2.45) is 4.99 Å². The summed E-state index contributed by atoms with van der Waals surface area (Å²) in [6, 6.07) is 8.29. The van der Waals surface area contributed by atoms with Crippen LogP contribution in [0.15, 0.2) is 35.6 Å². The number of rotatable bonds is 11. The van der Waals surface area contributed by atoms with Gasteiger partial charge in [0.1, 0.15) is 18.0 Å². The van der Waals surface area contributed by atoms with Gasteiger partial charge in [-0.1, -0.05) is 19.1 Å². The summed E-state index contributed by atoms with van der Waals surface area (Å²) >= 11 is 1.82. The smallest absolute Gasteiger partial charge is 0.191 e. The van der Waals surface area contributed by atoms with Crippen molar-refractivity contribution >= 4 is 28.8 Å². The van der Waals surface area contributed by atoms with Gasteiger partial charge in [-0.15, -0.1) is 10.2 Å². The largest absolute Gasteiger partial charge is 0.356 e. The molecule has 162 valence electrons. The van der Waals surface area contributed by atoms with Gasteiger partial charge in [-0.2, -0.15) is 11.8 Å². The fourth-order valence-corrected chi connectivity index (χ4v) is 3.68. The van der Waals surface area contributed by atoms with Gasteiger partial charge in [0.2, 0.25) is 0 Å². The molecule has 2 heterocycles. The number of guanidine groups is 1. The normalized spacial score (nSPS) is 11.9. The maximum Gasteiger partial charge on any atom is 0.191 e. The fourth-order valence-electron chi connectivity index (χ4n) is 3.38. The monoisotopic (exact) mass is 428 g/mol. The van der Waals surface area contributed by atoms with Crippen molar-refractivity contribution in [3.63, 3.8) is 0 Å². The number of thioether (sulfide) groups is 1. The number of aryl methyl sites for hydroxylation is 3. The second-order valence-electron chi connectivity index (χ2n) is 7.02. The molecule has 0 aliphatic rings. The van der Waals surface area contributed by atoms with E-state index < -0.39 is 0 Å². The van der Waals surface area contributed by atoms with Crippen LogP contribution in [0.2, 0.25) is 0 Å². The standard InChI is InChI=1S/C21H32N8S/c1-4-20-27-25-16-28(20)14-11-23-21(24-12-15-30-3)22-10-7-13-29-17(2)26-18-8-5-6-9-19(18)29/h5-6,8-9,16H,4,7,10-15H2,1-3H3,(H2,22,23,24). The number of fused-ring (bicyclic) bond motifs is 1. The molecule has 8 nitrogen and oxygen atoms in total. The minimum Gasteiger partial charge on any atom is -0.356 e. The van der Waals surface area contributed by atoms with Crippen LogP contribution < -0.4 is 10.6 Å². The van der Waals surface area contributed by atoms with E-state index in [1.807, 2.05) is 17.8 Å². The Labute approximate surface area is 182 Å². The fraction of sp³-hybridized carbons (Fsp3) is 0.524. The number of nitrogens with zero attached hydrogens (tertiary/aromatic N) is 6. The topological polar surface area (TPSA) is 85.0 Å². The van der Waals surface area contributed by atoms with Gasteiger partial charge in [0.15, 0.2) is 5.96 Å². The summed E-state index contributed by atoms with van der Waals surface area (Å²) in [4.78, 5) is 9.42. The molecule has 0 radical (unpaired) electrons. The first-order chi connectivity index (χ1) is 14.7. The molecule has 3 aromatic rings. The van der Waals surface area contributed by atoms with E-state index in [-0.39, 0.29) is 0 Å². The lowest BCUT2D eigenvalue weighted by molar-refractivity contribution is 0.626. The summed E-state index contributed by atoms with van der Waals surface area (Å²) in [6.07, 6.45) is 5.75. The highest BCUT2D eigenvalue weighted by Gasteiger charge is 2.06. The van der Waals surface area contributed by atoms with E-state index >= 15 is 0 Å². The van der Waals surface area contributed by atoms with Gasteiger partial charge < -0.3 is 19.8 Å². The van der Waals surface area contributed by atoms with Crippen LogP contribution in [-0.2, 0) is 19.5 Å². The first-order valence-corrected chi connectivity index (χ1v) is 11.9. The highest BCUT2D eigenvalue weighted by atomic mass is 32.2. The highest BCUT2D eigenvalue weighted by molar-refractivity contribution is 7.98. The molecule has 0 fully saturated rings. The molecule has 2 N–H and O–H groups in total. The summed E-state index contributed by atoms with van der Waals surface area (Å²) in [5.74, 6) is 3.97. The Balaban J connectivity index is 1.52. The number of nitrogens with one attached hydrogen (secondary N) is 2. The van der Waals surface area contributed by atoms with E-state index in [9.17, 15) is 0 Å². The Morgan fingerprint density at radius 2 is 2.00 bits per heavy atom. The number of imidazole rings is 1. The molecule has 9 heteroatoms. The van der Waals surface area contributed by atoms with Crippen molar-refractivity contribution in [1.29, 1.82) is 0 Å². The third kappa shape index (κ3) is 5.98. The number of hydrogen-bond donors (Lipinski definition) is 2. The average Bonchev–Trinajstić information content (AvgIpc) is 3.34. The Morgan fingerprint density at radius 1 is 1.17 bits per heavy atom. The van der Waals surface area contributed by atoms with Gasteiger partial charge in [0.05, 0.1) is 11.0 Å². The second kappa shape index (κ2) is 11.6. The molecule has 0 bridgehead atoms. The molecule has 0 aliphatic heterocycles. The summed E-state index contributed by atoms with van der Waals surface area (Å²) in [5.41, 5.74) is 2.25. The summed E-state index contributed by atoms with van der Waals surface area (Å²) < 4.78 is 4.36. The van der Waals surface area contributed by atoms with Crippen molar-refractivity contribution in [2.75, 3.05) is 31.6 Å². The van der Waals surface area contributed by atoms with Crippen molar-refractivity contribution in [1.82, 2.24) is 34.9 Å². The van der Waals surface area contributed by atoms with E-state index in [1.165, 1.54) is 5.52 Å². The molecule has 0 amide bonds. The molecular weight excluding hydrogens is 396 g/mol. The second-order valence-corrected chi connectivity index (χ2v) is 8.01. The SMILES string of the molecule is CCc1nncn1CCNC(=NCCCn1c(C)nc2ccccc21)NCCSC. The summed E-state index contributed by atoms with van der Waals surface area (Å²) in [7, 11) is 0. The van der Waals surface area contributed by atoms with Crippen LogP contribution in [0.3, 0.4) is 0 Å². The first kappa shape index (κ1) is 22.1. The van der Waals surface area contributed by atoms with Crippen LogP contribution in [0.4, 0.5) is 0 Å². The maximum absolute atomic E-state index is 4.78. The molecule has 1 aromatic carbocycles. The third-order valence-electron chi connectivity index (χ3n) is 4.91. The van der Waals surface area contributed by atoms with Crippen LogP contribution in [0.1, 0.15) is 25.0 Å². The Morgan fingerprint density at radius 3 is 2.83 bits per heavy atom. The van der Waals surface area contributed by atoms with E-state index in [0.29, 0.717) is 0 Å². The first-order valence-electron chi connectivity index (χ1n) is 10.5. The minimum absolute atomic E-state index is 0.757. The van der Waals surface area contributed by atoms with Crippen LogP contribution in [0, 0.1) is 6.92 Å².